The standard InChI is InChI=1S/C16H25NO2.ClH/c1-6-17(7-2)8-9-19-16(18)15-13(4)10-12(3)11-14(15)5;/h10-11H,6-9H2,1-5H3;1H. The average Bonchev–Trinajstić information content (AvgIpc) is 2.33. The van der Waals surface area contributed by atoms with E-state index in [-0.39, 0.29) is 18.4 Å². The summed E-state index contributed by atoms with van der Waals surface area (Å²) < 4.78 is 5.38. The van der Waals surface area contributed by atoms with Crippen molar-refractivity contribution < 1.29 is 9.53 Å². The molecule has 1 aromatic rings. The Bertz CT molecular complexity index is 419. The van der Waals surface area contributed by atoms with Gasteiger partial charge in [-0.1, -0.05) is 31.5 Å². The van der Waals surface area contributed by atoms with Crippen LogP contribution in [0.1, 0.15) is 40.9 Å². The second-order valence-corrected chi connectivity index (χ2v) is 4.94. The third-order valence-electron chi connectivity index (χ3n) is 3.42. The van der Waals surface area contributed by atoms with Crippen LogP contribution >= 0.6 is 12.4 Å². The molecule has 0 fully saturated rings. The van der Waals surface area contributed by atoms with Crippen molar-refractivity contribution in [2.45, 2.75) is 34.6 Å². The lowest BCUT2D eigenvalue weighted by Crippen LogP contribution is -2.28. The molecule has 0 aliphatic rings. The van der Waals surface area contributed by atoms with Crippen molar-refractivity contribution >= 4 is 18.4 Å². The lowest BCUT2D eigenvalue weighted by atomic mass is 10.00. The van der Waals surface area contributed by atoms with Crippen LogP contribution in [-0.4, -0.2) is 37.1 Å². The maximum Gasteiger partial charge on any atom is 0.338 e. The van der Waals surface area contributed by atoms with Crippen LogP contribution in [0.3, 0.4) is 0 Å². The Morgan fingerprint density at radius 3 is 2.05 bits per heavy atom. The summed E-state index contributed by atoms with van der Waals surface area (Å²) in [6.45, 7) is 13.4. The van der Waals surface area contributed by atoms with Crippen molar-refractivity contribution in [1.29, 1.82) is 0 Å². The van der Waals surface area contributed by atoms with E-state index in [4.69, 9.17) is 4.74 Å². The zero-order valence-corrected chi connectivity index (χ0v) is 14.0. The molecule has 114 valence electrons. The maximum absolute atomic E-state index is 12.1. The van der Waals surface area contributed by atoms with E-state index in [1.165, 1.54) is 5.56 Å². The van der Waals surface area contributed by atoms with Gasteiger partial charge in [0.15, 0.2) is 0 Å². The SMILES string of the molecule is CCN(CC)CCOC(=O)c1c(C)cc(C)cc1C.Cl. The van der Waals surface area contributed by atoms with Gasteiger partial charge in [0, 0.05) is 6.54 Å². The van der Waals surface area contributed by atoms with Gasteiger partial charge >= 0.3 is 5.97 Å². The van der Waals surface area contributed by atoms with Gasteiger partial charge in [-0.2, -0.15) is 0 Å². The number of benzene rings is 1. The Hall–Kier alpha value is -1.06. The number of ether oxygens (including phenoxy) is 1. The van der Waals surface area contributed by atoms with E-state index in [9.17, 15) is 4.79 Å². The molecule has 0 aromatic heterocycles. The molecule has 3 nitrogen and oxygen atoms in total. The largest absolute Gasteiger partial charge is 0.461 e. The second-order valence-electron chi connectivity index (χ2n) is 4.94. The van der Waals surface area contributed by atoms with Crippen molar-refractivity contribution in [1.82, 2.24) is 4.90 Å². The zero-order valence-electron chi connectivity index (χ0n) is 13.2. The number of esters is 1. The normalized spacial score (nSPS) is 10.3. The molecular weight excluding hydrogens is 274 g/mol. The summed E-state index contributed by atoms with van der Waals surface area (Å²) in [5, 5.41) is 0. The summed E-state index contributed by atoms with van der Waals surface area (Å²) in [4.78, 5) is 14.4. The number of hydrogen-bond acceptors (Lipinski definition) is 3. The monoisotopic (exact) mass is 299 g/mol. The molecule has 0 unspecified atom stereocenters. The van der Waals surface area contributed by atoms with Crippen LogP contribution in [0.25, 0.3) is 0 Å². The molecule has 1 aromatic carbocycles. The van der Waals surface area contributed by atoms with Gasteiger partial charge in [0.25, 0.3) is 0 Å². The Kier molecular flexibility index (Phi) is 8.51. The Labute approximate surface area is 128 Å². The summed E-state index contributed by atoms with van der Waals surface area (Å²) in [5.41, 5.74) is 3.87. The molecule has 0 aliphatic carbocycles. The molecular formula is C16H26ClNO2. The minimum atomic E-state index is -0.206. The molecule has 0 amide bonds. The zero-order chi connectivity index (χ0) is 14.4. The number of rotatable bonds is 6. The average molecular weight is 300 g/mol. The van der Waals surface area contributed by atoms with Crippen molar-refractivity contribution in [3.63, 3.8) is 0 Å². The molecule has 0 atom stereocenters. The molecule has 0 saturated heterocycles. The topological polar surface area (TPSA) is 29.5 Å². The minimum absolute atomic E-state index is 0. The van der Waals surface area contributed by atoms with E-state index in [2.05, 4.69) is 18.7 Å². The summed E-state index contributed by atoms with van der Waals surface area (Å²) >= 11 is 0. The van der Waals surface area contributed by atoms with E-state index in [0.717, 1.165) is 30.8 Å². The predicted molar refractivity (Wildman–Crippen MR) is 86.0 cm³/mol. The Morgan fingerprint density at radius 1 is 1.10 bits per heavy atom. The van der Waals surface area contributed by atoms with Crippen LogP contribution in [0.2, 0.25) is 0 Å². The molecule has 0 radical (unpaired) electrons. The van der Waals surface area contributed by atoms with Crippen LogP contribution < -0.4 is 0 Å². The number of hydrogen-bond donors (Lipinski definition) is 0. The van der Waals surface area contributed by atoms with Crippen molar-refractivity contribution in [2.24, 2.45) is 0 Å². The lowest BCUT2D eigenvalue weighted by molar-refractivity contribution is 0.0465. The number of aryl methyl sites for hydroxylation is 3. The van der Waals surface area contributed by atoms with E-state index >= 15 is 0 Å². The van der Waals surface area contributed by atoms with Crippen LogP contribution in [0.5, 0.6) is 0 Å². The van der Waals surface area contributed by atoms with Gasteiger partial charge in [0.1, 0.15) is 6.61 Å². The first-order valence-corrected chi connectivity index (χ1v) is 6.96. The quantitative estimate of drug-likeness (QED) is 0.753. The fraction of sp³-hybridized carbons (Fsp3) is 0.562. The smallest absolute Gasteiger partial charge is 0.338 e. The van der Waals surface area contributed by atoms with Crippen molar-refractivity contribution in [2.75, 3.05) is 26.2 Å². The van der Waals surface area contributed by atoms with E-state index in [1.807, 2.05) is 32.9 Å². The molecule has 4 heteroatoms. The third-order valence-corrected chi connectivity index (χ3v) is 3.42. The highest BCUT2D eigenvalue weighted by molar-refractivity contribution is 5.92. The Balaban J connectivity index is 0.00000361. The van der Waals surface area contributed by atoms with Crippen LogP contribution in [0.15, 0.2) is 12.1 Å². The van der Waals surface area contributed by atoms with Crippen LogP contribution in [0, 0.1) is 20.8 Å². The van der Waals surface area contributed by atoms with Crippen LogP contribution in [-0.2, 0) is 4.74 Å². The molecule has 0 N–H and O–H groups in total. The number of likely N-dealkylation sites (N-methyl/N-ethyl adjacent to an activating group) is 1. The van der Waals surface area contributed by atoms with Gasteiger partial charge in [0.05, 0.1) is 5.56 Å². The third kappa shape index (κ3) is 5.14. The minimum Gasteiger partial charge on any atom is -0.461 e. The highest BCUT2D eigenvalue weighted by atomic mass is 35.5. The lowest BCUT2D eigenvalue weighted by Gasteiger charge is -2.18. The molecule has 0 aliphatic heterocycles. The highest BCUT2D eigenvalue weighted by Gasteiger charge is 2.14. The summed E-state index contributed by atoms with van der Waals surface area (Å²) in [6.07, 6.45) is 0. The van der Waals surface area contributed by atoms with Gasteiger partial charge in [0.2, 0.25) is 0 Å². The first-order valence-electron chi connectivity index (χ1n) is 6.96. The molecule has 20 heavy (non-hydrogen) atoms. The van der Waals surface area contributed by atoms with Gasteiger partial charge in [-0.15, -0.1) is 12.4 Å². The van der Waals surface area contributed by atoms with Gasteiger partial charge < -0.3 is 9.64 Å². The first-order chi connectivity index (χ1) is 8.99. The van der Waals surface area contributed by atoms with Gasteiger partial charge in [-0.25, -0.2) is 4.79 Å². The fourth-order valence-electron chi connectivity index (χ4n) is 2.38. The second kappa shape index (κ2) is 8.98. The first kappa shape index (κ1) is 18.9. The number of halogens is 1. The van der Waals surface area contributed by atoms with Crippen molar-refractivity contribution in [3.05, 3.63) is 34.4 Å². The van der Waals surface area contributed by atoms with Gasteiger partial charge in [-0.3, -0.25) is 0 Å². The molecule has 0 heterocycles. The Morgan fingerprint density at radius 2 is 1.60 bits per heavy atom. The van der Waals surface area contributed by atoms with E-state index in [0.29, 0.717) is 12.2 Å². The maximum atomic E-state index is 12.1. The van der Waals surface area contributed by atoms with Crippen molar-refractivity contribution in [3.8, 4) is 0 Å². The van der Waals surface area contributed by atoms with Crippen LogP contribution in [0.4, 0.5) is 0 Å². The summed E-state index contributed by atoms with van der Waals surface area (Å²) in [5.74, 6) is -0.206. The summed E-state index contributed by atoms with van der Waals surface area (Å²) in [6, 6.07) is 4.04. The summed E-state index contributed by atoms with van der Waals surface area (Å²) in [7, 11) is 0. The molecule has 0 spiro atoms. The van der Waals surface area contributed by atoms with E-state index < -0.39 is 0 Å². The van der Waals surface area contributed by atoms with E-state index in [1.54, 1.807) is 0 Å². The molecule has 0 saturated carbocycles. The number of carbonyl (C=O) groups excluding carboxylic acids is 1. The number of nitrogens with zero attached hydrogens (tertiary/aromatic N) is 1. The molecule has 1 rings (SSSR count). The highest BCUT2D eigenvalue weighted by Crippen LogP contribution is 2.17. The fourth-order valence-corrected chi connectivity index (χ4v) is 2.38. The predicted octanol–water partition coefficient (Wildman–Crippen LogP) is 3.53. The molecule has 0 bridgehead atoms. The van der Waals surface area contributed by atoms with Gasteiger partial charge in [-0.05, 0) is 45.0 Å². The number of carbonyl (C=O) groups is 1.